The molecule has 3 heteroatoms. The van der Waals surface area contributed by atoms with Gasteiger partial charge in [0.1, 0.15) is 0 Å². The molecule has 5 heavy (non-hydrogen) atoms. The van der Waals surface area contributed by atoms with E-state index in [4.69, 9.17) is 11.6 Å². The Labute approximate surface area is 79.7 Å². The molecule has 0 spiro atoms. The summed E-state index contributed by atoms with van der Waals surface area (Å²) in [5.74, 6) is 0. The van der Waals surface area contributed by atoms with Crippen LogP contribution in [0.15, 0.2) is 12.1 Å². The minimum absolute atomic E-state index is 0. The van der Waals surface area contributed by atoms with E-state index >= 15 is 0 Å². The second-order valence-electron chi connectivity index (χ2n) is 0.154. The van der Waals surface area contributed by atoms with Crippen molar-refractivity contribution < 1.29 is 19.5 Å². The van der Waals surface area contributed by atoms with Gasteiger partial charge in [-0.3, -0.25) is 0 Å². The SMILES string of the molecule is C=CCl.[CaH2].[Zn]. The van der Waals surface area contributed by atoms with Crippen LogP contribution in [-0.2, 0) is 19.5 Å². The molecule has 0 aromatic carbocycles. The maximum absolute atomic E-state index is 4.76. The van der Waals surface area contributed by atoms with E-state index < -0.39 is 0 Å². The van der Waals surface area contributed by atoms with Crippen LogP contribution < -0.4 is 0 Å². The molecule has 0 aliphatic rings. The van der Waals surface area contributed by atoms with Gasteiger partial charge in [0, 0.05) is 19.5 Å². The molecule has 0 saturated heterocycles. The molecule has 24 valence electrons. The zero-order valence-electron chi connectivity index (χ0n) is 2.37. The van der Waals surface area contributed by atoms with Gasteiger partial charge in [0.25, 0.3) is 0 Å². The molecule has 0 atom stereocenters. The van der Waals surface area contributed by atoms with Gasteiger partial charge in [-0.15, -0.1) is 0 Å². The predicted molar refractivity (Wildman–Crippen MR) is 24.6 cm³/mol. The summed E-state index contributed by atoms with van der Waals surface area (Å²) in [7, 11) is 0. The van der Waals surface area contributed by atoms with Crippen LogP contribution in [0.3, 0.4) is 0 Å². The maximum atomic E-state index is 4.76. The van der Waals surface area contributed by atoms with Gasteiger partial charge in [-0.05, 0) is 5.54 Å². The van der Waals surface area contributed by atoms with Crippen molar-refractivity contribution in [2.75, 3.05) is 0 Å². The van der Waals surface area contributed by atoms with Gasteiger partial charge in [0.15, 0.2) is 0 Å². The molecule has 0 aliphatic heterocycles. The molecule has 0 nitrogen and oxygen atoms in total. The van der Waals surface area contributed by atoms with Crippen molar-refractivity contribution in [1.82, 2.24) is 0 Å². The second-order valence-corrected chi connectivity index (χ2v) is 0.463. The van der Waals surface area contributed by atoms with Gasteiger partial charge in [-0.25, -0.2) is 0 Å². The first-order valence-corrected chi connectivity index (χ1v) is 1.06. The molecule has 0 radical (unpaired) electrons. The summed E-state index contributed by atoms with van der Waals surface area (Å²) in [6.45, 7) is 3.13. The van der Waals surface area contributed by atoms with E-state index in [-0.39, 0.29) is 57.2 Å². The van der Waals surface area contributed by atoms with Crippen molar-refractivity contribution in [3.8, 4) is 0 Å². The molecule has 0 N–H and O–H groups in total. The number of rotatable bonds is 0. The van der Waals surface area contributed by atoms with Crippen molar-refractivity contribution in [1.29, 1.82) is 0 Å². The molecule has 0 aliphatic carbocycles. The van der Waals surface area contributed by atoms with Crippen molar-refractivity contribution >= 4 is 49.3 Å². The van der Waals surface area contributed by atoms with E-state index in [0.717, 1.165) is 0 Å². The van der Waals surface area contributed by atoms with Gasteiger partial charge in [0.05, 0.1) is 0 Å². The Morgan fingerprint density at radius 3 is 1.60 bits per heavy atom. The molecule has 0 bridgehead atoms. The van der Waals surface area contributed by atoms with E-state index in [2.05, 4.69) is 6.58 Å². The maximum Gasteiger partial charge on any atom is 0 e. The Morgan fingerprint density at radius 2 is 1.60 bits per heavy atom. The van der Waals surface area contributed by atoms with E-state index in [1.165, 1.54) is 5.54 Å². The third-order valence-corrected chi connectivity index (χ3v) is 0. The topological polar surface area (TPSA) is 0 Å². The molecular weight excluding hydrogens is 165 g/mol. The fourth-order valence-electron chi connectivity index (χ4n) is 0. The Hall–Kier alpha value is 1.91. The average molecular weight is 170 g/mol. The summed E-state index contributed by atoms with van der Waals surface area (Å²) in [5, 5.41) is 0. The molecule has 0 aromatic rings. The van der Waals surface area contributed by atoms with Crippen LogP contribution >= 0.6 is 11.6 Å². The van der Waals surface area contributed by atoms with Gasteiger partial charge < -0.3 is 0 Å². The van der Waals surface area contributed by atoms with Gasteiger partial charge in [0.2, 0.25) is 0 Å². The van der Waals surface area contributed by atoms with Crippen LogP contribution in [-0.4, -0.2) is 37.7 Å². The van der Waals surface area contributed by atoms with E-state index in [1.54, 1.807) is 0 Å². The molecule has 0 unspecified atom stereocenters. The zero-order valence-corrected chi connectivity index (χ0v) is 6.09. The van der Waals surface area contributed by atoms with Crippen LogP contribution in [0.2, 0.25) is 0 Å². The van der Waals surface area contributed by atoms with Crippen molar-refractivity contribution in [2.45, 2.75) is 0 Å². The fourth-order valence-corrected chi connectivity index (χ4v) is 0. The quantitative estimate of drug-likeness (QED) is 0.463. The molecule has 0 aromatic heterocycles. The summed E-state index contributed by atoms with van der Waals surface area (Å²) in [6.07, 6.45) is 0. The Kier molecular flexibility index (Phi) is 53.1. The summed E-state index contributed by atoms with van der Waals surface area (Å²) in [5.41, 5.74) is 1.22. The summed E-state index contributed by atoms with van der Waals surface area (Å²) < 4.78 is 0. The summed E-state index contributed by atoms with van der Waals surface area (Å²) in [6, 6.07) is 0. The minimum atomic E-state index is 0. The van der Waals surface area contributed by atoms with Crippen LogP contribution in [0.25, 0.3) is 0 Å². The standard InChI is InChI=1S/C2H3Cl.Ca.Zn.2H/c1-2-3;;;;/h2H,1H2;;;;. The Balaban J connectivity index is -0.0000000200. The van der Waals surface area contributed by atoms with E-state index in [9.17, 15) is 0 Å². The van der Waals surface area contributed by atoms with E-state index in [1.807, 2.05) is 0 Å². The Morgan fingerprint density at radius 1 is 1.60 bits per heavy atom. The monoisotopic (exact) mass is 168 g/mol. The molecule has 0 heterocycles. The first-order chi connectivity index (χ1) is 1.41. The second kappa shape index (κ2) is 16.8. The van der Waals surface area contributed by atoms with Gasteiger partial charge >= 0.3 is 37.7 Å². The van der Waals surface area contributed by atoms with Crippen LogP contribution in [0.4, 0.5) is 0 Å². The molecular formula is C2H5CaClZn. The summed E-state index contributed by atoms with van der Waals surface area (Å²) >= 11 is 4.76. The smallest absolute Gasteiger partial charge is 0 e. The van der Waals surface area contributed by atoms with Crippen LogP contribution in [0, 0.1) is 0 Å². The number of hydrogen-bond acceptors (Lipinski definition) is 0. The first-order valence-electron chi connectivity index (χ1n) is 0.626. The van der Waals surface area contributed by atoms with Gasteiger partial charge in [-0.1, -0.05) is 18.2 Å². The number of halogens is 1. The summed E-state index contributed by atoms with van der Waals surface area (Å²) in [4.78, 5) is 0. The third-order valence-electron chi connectivity index (χ3n) is 0. The van der Waals surface area contributed by atoms with E-state index in [0.29, 0.717) is 0 Å². The normalized spacial score (nSPS) is 2.60. The predicted octanol–water partition coefficient (Wildman–Crippen LogP) is 0.450. The molecule has 0 saturated carbocycles. The zero-order chi connectivity index (χ0) is 2.71. The van der Waals surface area contributed by atoms with Crippen LogP contribution in [0.1, 0.15) is 0 Å². The molecule has 0 amide bonds. The first kappa shape index (κ1) is 15.8. The van der Waals surface area contributed by atoms with Crippen molar-refractivity contribution in [2.24, 2.45) is 0 Å². The molecule has 0 rings (SSSR count). The fraction of sp³-hybridized carbons (Fsp3) is 0. The minimum Gasteiger partial charge on any atom is 0 e. The third kappa shape index (κ3) is 24.7. The van der Waals surface area contributed by atoms with Crippen LogP contribution in [0.5, 0.6) is 0 Å². The Bertz CT molecular complexity index is 17.1. The number of hydrogen-bond donors (Lipinski definition) is 0. The average Bonchev–Trinajstić information content (AvgIpc) is 0.918. The molecule has 0 fully saturated rings. The van der Waals surface area contributed by atoms with Crippen molar-refractivity contribution in [3.05, 3.63) is 12.1 Å². The van der Waals surface area contributed by atoms with Crippen molar-refractivity contribution in [3.63, 3.8) is 0 Å². The van der Waals surface area contributed by atoms with Gasteiger partial charge in [-0.2, -0.15) is 0 Å². The largest absolute Gasteiger partial charge is 0 e.